The number of aromatic nitrogens is 2. The second kappa shape index (κ2) is 10.2. The van der Waals surface area contributed by atoms with E-state index in [1.807, 2.05) is 6.92 Å². The first kappa shape index (κ1) is 25.9. The van der Waals surface area contributed by atoms with Crippen LogP contribution in [0.3, 0.4) is 0 Å². The van der Waals surface area contributed by atoms with Crippen molar-refractivity contribution >= 4 is 11.7 Å². The molecule has 2 aliphatic heterocycles. The lowest BCUT2D eigenvalue weighted by Gasteiger charge is -2.24. The van der Waals surface area contributed by atoms with E-state index in [-0.39, 0.29) is 35.0 Å². The second-order valence-corrected chi connectivity index (χ2v) is 10.1. The smallest absolute Gasteiger partial charge is 0.298 e. The average Bonchev–Trinajstić information content (AvgIpc) is 3.31. The number of anilines is 1. The SMILES string of the molecule is Cc1nc(NCc2cccc(C(F)(F)C3CCCO3)c2)c(C2OCCO2)c(C(F)C(=O)NC2(C)CC2)n1. The minimum atomic E-state index is -3.12. The highest BCUT2D eigenvalue weighted by Crippen LogP contribution is 2.40. The molecular weight excluding hydrogens is 489 g/mol. The monoisotopic (exact) mass is 520 g/mol. The van der Waals surface area contributed by atoms with E-state index in [9.17, 15) is 13.6 Å². The molecule has 11 heteroatoms. The number of nitrogens with one attached hydrogen (secondary N) is 2. The maximum atomic E-state index is 15.5. The van der Waals surface area contributed by atoms with Gasteiger partial charge in [0.25, 0.3) is 11.8 Å². The topological polar surface area (TPSA) is 94.6 Å². The fraction of sp³-hybridized carbons (Fsp3) is 0.577. The lowest BCUT2D eigenvalue weighted by atomic mass is 9.99. The molecule has 0 radical (unpaired) electrons. The van der Waals surface area contributed by atoms with Crippen molar-refractivity contribution in [3.05, 3.63) is 52.5 Å². The standard InChI is InChI=1S/C26H31F3N4O4/c1-15-31-21(20(27)23(34)33-25(2)8-9-25)19(24-36-11-12-37-24)22(32-15)30-14-16-5-3-6-17(13-16)26(28,29)18-7-4-10-35-18/h3,5-6,13,18,20,24H,4,7-12,14H2,1-2H3,(H,33,34)(H,30,31,32). The number of carbonyl (C=O) groups is 1. The molecule has 2 atom stereocenters. The van der Waals surface area contributed by atoms with Crippen molar-refractivity contribution in [2.24, 2.45) is 0 Å². The summed E-state index contributed by atoms with van der Waals surface area (Å²) in [5.41, 5.74) is 0.0927. The number of aryl methyl sites for hydroxylation is 1. The van der Waals surface area contributed by atoms with Gasteiger partial charge in [-0.2, -0.15) is 8.78 Å². The van der Waals surface area contributed by atoms with Gasteiger partial charge in [0.05, 0.1) is 24.5 Å². The number of hydrogen-bond acceptors (Lipinski definition) is 7. The number of carbonyl (C=O) groups excluding carboxylic acids is 1. The highest BCUT2D eigenvalue weighted by molar-refractivity contribution is 5.83. The van der Waals surface area contributed by atoms with Gasteiger partial charge < -0.3 is 24.8 Å². The fourth-order valence-electron chi connectivity index (χ4n) is 4.61. The number of benzene rings is 1. The Bertz CT molecular complexity index is 1150. The third kappa shape index (κ3) is 5.58. The van der Waals surface area contributed by atoms with Crippen LogP contribution in [-0.2, 0) is 31.5 Å². The zero-order valence-corrected chi connectivity index (χ0v) is 20.9. The normalized spacial score (nSPS) is 22.1. The van der Waals surface area contributed by atoms with Crippen molar-refractivity contribution < 1.29 is 32.2 Å². The second-order valence-electron chi connectivity index (χ2n) is 10.1. The van der Waals surface area contributed by atoms with Gasteiger partial charge in [-0.25, -0.2) is 14.4 Å². The van der Waals surface area contributed by atoms with Crippen molar-refractivity contribution in [1.82, 2.24) is 15.3 Å². The number of hydrogen-bond donors (Lipinski definition) is 2. The van der Waals surface area contributed by atoms with Gasteiger partial charge in [-0.05, 0) is 51.2 Å². The Morgan fingerprint density at radius 3 is 2.62 bits per heavy atom. The third-order valence-electron chi connectivity index (χ3n) is 6.95. The zero-order chi connectivity index (χ0) is 26.2. The van der Waals surface area contributed by atoms with E-state index in [0.29, 0.717) is 38.2 Å². The minimum absolute atomic E-state index is 0.117. The Morgan fingerprint density at radius 2 is 1.95 bits per heavy atom. The molecule has 2 unspecified atom stereocenters. The van der Waals surface area contributed by atoms with Gasteiger partial charge in [0, 0.05) is 24.3 Å². The molecule has 0 bridgehead atoms. The summed E-state index contributed by atoms with van der Waals surface area (Å²) in [6.07, 6.45) is -1.68. The summed E-state index contributed by atoms with van der Waals surface area (Å²) in [5, 5.41) is 5.83. The number of alkyl halides is 3. The third-order valence-corrected chi connectivity index (χ3v) is 6.95. The number of nitrogens with zero attached hydrogens (tertiary/aromatic N) is 2. The van der Waals surface area contributed by atoms with E-state index in [1.54, 1.807) is 19.1 Å². The van der Waals surface area contributed by atoms with Gasteiger partial charge in [0.1, 0.15) is 17.7 Å². The van der Waals surface area contributed by atoms with Gasteiger partial charge in [0.15, 0.2) is 6.29 Å². The van der Waals surface area contributed by atoms with Crippen LogP contribution < -0.4 is 10.6 Å². The largest absolute Gasteiger partial charge is 0.372 e. The van der Waals surface area contributed by atoms with E-state index >= 15 is 4.39 Å². The summed E-state index contributed by atoms with van der Waals surface area (Å²) in [6.45, 7) is 4.48. The molecule has 200 valence electrons. The molecule has 1 aromatic carbocycles. The lowest BCUT2D eigenvalue weighted by molar-refractivity contribution is -0.127. The van der Waals surface area contributed by atoms with Gasteiger partial charge in [0.2, 0.25) is 6.17 Å². The van der Waals surface area contributed by atoms with E-state index < -0.39 is 35.9 Å². The quantitative estimate of drug-likeness (QED) is 0.506. The van der Waals surface area contributed by atoms with Crippen LogP contribution in [0.5, 0.6) is 0 Å². The van der Waals surface area contributed by atoms with Crippen LogP contribution in [0.2, 0.25) is 0 Å². The maximum Gasteiger partial charge on any atom is 0.298 e. The molecule has 3 heterocycles. The zero-order valence-electron chi connectivity index (χ0n) is 20.9. The first-order chi connectivity index (χ1) is 17.7. The van der Waals surface area contributed by atoms with E-state index in [0.717, 1.165) is 12.8 Å². The first-order valence-corrected chi connectivity index (χ1v) is 12.6. The molecule has 1 amide bonds. The van der Waals surface area contributed by atoms with Crippen LogP contribution in [0.1, 0.15) is 73.3 Å². The Balaban J connectivity index is 1.40. The van der Waals surface area contributed by atoms with Crippen molar-refractivity contribution in [1.29, 1.82) is 0 Å². The highest BCUT2D eigenvalue weighted by atomic mass is 19.3. The van der Waals surface area contributed by atoms with Crippen molar-refractivity contribution in [2.75, 3.05) is 25.1 Å². The first-order valence-electron chi connectivity index (χ1n) is 12.6. The molecule has 2 aromatic rings. The number of ether oxygens (including phenoxy) is 3. The molecular formula is C26H31F3N4O4. The molecule has 3 aliphatic rings. The average molecular weight is 521 g/mol. The number of amides is 1. The molecule has 37 heavy (non-hydrogen) atoms. The van der Waals surface area contributed by atoms with Gasteiger partial charge >= 0.3 is 0 Å². The van der Waals surface area contributed by atoms with Crippen LogP contribution in [0.15, 0.2) is 24.3 Å². The summed E-state index contributed by atoms with van der Waals surface area (Å²) in [7, 11) is 0. The molecule has 0 spiro atoms. The van der Waals surface area contributed by atoms with E-state index in [4.69, 9.17) is 14.2 Å². The summed E-state index contributed by atoms with van der Waals surface area (Å²) in [5.74, 6) is -3.44. The predicted molar refractivity (Wildman–Crippen MR) is 128 cm³/mol. The molecule has 2 N–H and O–H groups in total. The van der Waals surface area contributed by atoms with Gasteiger partial charge in [-0.3, -0.25) is 4.79 Å². The van der Waals surface area contributed by atoms with E-state index in [1.165, 1.54) is 12.1 Å². The Kier molecular flexibility index (Phi) is 7.12. The molecule has 3 fully saturated rings. The van der Waals surface area contributed by atoms with Crippen LogP contribution in [-0.4, -0.2) is 47.3 Å². The number of rotatable bonds is 9. The summed E-state index contributed by atoms with van der Waals surface area (Å²) in [4.78, 5) is 21.3. The fourth-order valence-corrected chi connectivity index (χ4v) is 4.61. The predicted octanol–water partition coefficient (Wildman–Crippen LogP) is 4.39. The van der Waals surface area contributed by atoms with Crippen LogP contribution in [0.25, 0.3) is 0 Å². The minimum Gasteiger partial charge on any atom is -0.372 e. The van der Waals surface area contributed by atoms with Crippen LogP contribution in [0, 0.1) is 6.92 Å². The van der Waals surface area contributed by atoms with Crippen LogP contribution in [0.4, 0.5) is 19.0 Å². The molecule has 1 saturated carbocycles. The van der Waals surface area contributed by atoms with Crippen molar-refractivity contribution in [2.45, 2.75) is 76.1 Å². The Labute approximate surface area is 213 Å². The highest BCUT2D eigenvalue weighted by Gasteiger charge is 2.44. The molecule has 2 saturated heterocycles. The van der Waals surface area contributed by atoms with Crippen LogP contribution >= 0.6 is 0 Å². The van der Waals surface area contributed by atoms with Gasteiger partial charge in [-0.15, -0.1) is 0 Å². The summed E-state index contributed by atoms with van der Waals surface area (Å²) < 4.78 is 62.0. The number of halogens is 3. The Morgan fingerprint density at radius 1 is 1.19 bits per heavy atom. The molecule has 1 aromatic heterocycles. The summed E-state index contributed by atoms with van der Waals surface area (Å²) >= 11 is 0. The van der Waals surface area contributed by atoms with Crippen molar-refractivity contribution in [3.63, 3.8) is 0 Å². The maximum absolute atomic E-state index is 15.5. The van der Waals surface area contributed by atoms with Crippen molar-refractivity contribution in [3.8, 4) is 0 Å². The molecule has 8 nitrogen and oxygen atoms in total. The lowest BCUT2D eigenvalue weighted by Crippen LogP contribution is -2.37. The Hall–Kier alpha value is -2.76. The molecule has 1 aliphatic carbocycles. The van der Waals surface area contributed by atoms with Gasteiger partial charge in [-0.1, -0.05) is 18.2 Å². The van der Waals surface area contributed by atoms with E-state index in [2.05, 4.69) is 20.6 Å². The summed E-state index contributed by atoms with van der Waals surface area (Å²) in [6, 6.07) is 6.08. The molecule has 5 rings (SSSR count).